The van der Waals surface area contributed by atoms with Crippen LogP contribution in [-0.4, -0.2) is 39.6 Å². The number of aliphatic carboxylic acids is 1. The summed E-state index contributed by atoms with van der Waals surface area (Å²) in [5.74, 6) is -1.31. The fraction of sp³-hybridized carbons (Fsp3) is 0.385. The highest BCUT2D eigenvalue weighted by molar-refractivity contribution is 5.96. The Morgan fingerprint density at radius 3 is 2.56 bits per heavy atom. The first-order valence-corrected chi connectivity index (χ1v) is 5.81. The molecule has 0 unspecified atom stereocenters. The quantitative estimate of drug-likeness (QED) is 0.845. The maximum Gasteiger partial charge on any atom is 0.323 e. The Hall–Kier alpha value is -2.04. The van der Waals surface area contributed by atoms with Gasteiger partial charge in [0.2, 0.25) is 0 Å². The molecule has 0 heterocycles. The lowest BCUT2D eigenvalue weighted by Gasteiger charge is -2.20. The smallest absolute Gasteiger partial charge is 0.323 e. The lowest BCUT2D eigenvalue weighted by Crippen LogP contribution is -2.37. The van der Waals surface area contributed by atoms with E-state index in [-0.39, 0.29) is 24.2 Å². The second-order valence-corrected chi connectivity index (χ2v) is 4.56. The van der Waals surface area contributed by atoms with E-state index >= 15 is 0 Å². The molecule has 1 aliphatic carbocycles. The molecule has 1 aromatic rings. The van der Waals surface area contributed by atoms with Gasteiger partial charge >= 0.3 is 5.97 Å². The summed E-state index contributed by atoms with van der Waals surface area (Å²) in [6, 6.07) is 4.66. The second kappa shape index (κ2) is 4.68. The maximum absolute atomic E-state index is 12.2. The van der Waals surface area contributed by atoms with Crippen LogP contribution in [0.25, 0.3) is 0 Å². The minimum Gasteiger partial charge on any atom is -0.508 e. The second-order valence-electron chi connectivity index (χ2n) is 4.56. The van der Waals surface area contributed by atoms with Crippen molar-refractivity contribution in [1.82, 2.24) is 4.90 Å². The van der Waals surface area contributed by atoms with Gasteiger partial charge in [-0.15, -0.1) is 0 Å². The summed E-state index contributed by atoms with van der Waals surface area (Å²) in [5, 5.41) is 18.4. The Kier molecular flexibility index (Phi) is 3.23. The fourth-order valence-electron chi connectivity index (χ4n) is 1.81. The van der Waals surface area contributed by atoms with Crippen LogP contribution in [0.15, 0.2) is 18.2 Å². The molecule has 1 amide bonds. The minimum atomic E-state index is -1.02. The van der Waals surface area contributed by atoms with Crippen LogP contribution >= 0.6 is 0 Å². The summed E-state index contributed by atoms with van der Waals surface area (Å²) in [6.45, 7) is 1.44. The maximum atomic E-state index is 12.2. The molecule has 0 saturated heterocycles. The summed E-state index contributed by atoms with van der Waals surface area (Å²) >= 11 is 0. The number of hydrogen-bond acceptors (Lipinski definition) is 3. The molecule has 0 radical (unpaired) electrons. The van der Waals surface area contributed by atoms with Crippen LogP contribution < -0.4 is 0 Å². The molecule has 1 aromatic carbocycles. The molecule has 0 aromatic heterocycles. The Labute approximate surface area is 105 Å². The topological polar surface area (TPSA) is 77.8 Å². The minimum absolute atomic E-state index is 0.0250. The van der Waals surface area contributed by atoms with Gasteiger partial charge in [-0.1, -0.05) is 6.07 Å². The van der Waals surface area contributed by atoms with Gasteiger partial charge in [-0.05, 0) is 37.5 Å². The molecule has 18 heavy (non-hydrogen) atoms. The molecule has 0 bridgehead atoms. The van der Waals surface area contributed by atoms with Gasteiger partial charge in [0, 0.05) is 11.6 Å². The number of carboxylic acids is 1. The van der Waals surface area contributed by atoms with Crippen molar-refractivity contribution < 1.29 is 19.8 Å². The van der Waals surface area contributed by atoms with E-state index in [2.05, 4.69) is 0 Å². The summed E-state index contributed by atoms with van der Waals surface area (Å²) in [5.41, 5.74) is 1.01. The highest BCUT2D eigenvalue weighted by Crippen LogP contribution is 2.29. The van der Waals surface area contributed by atoms with Gasteiger partial charge in [0.15, 0.2) is 0 Å². The van der Waals surface area contributed by atoms with Crippen LogP contribution in [0.3, 0.4) is 0 Å². The molecular formula is C13H15NO4. The molecule has 1 saturated carbocycles. The van der Waals surface area contributed by atoms with Gasteiger partial charge in [-0.25, -0.2) is 0 Å². The zero-order valence-corrected chi connectivity index (χ0v) is 10.1. The number of aromatic hydroxyl groups is 1. The Balaban J connectivity index is 2.21. The first-order valence-electron chi connectivity index (χ1n) is 5.81. The number of rotatable bonds is 4. The van der Waals surface area contributed by atoms with Crippen LogP contribution in [0.4, 0.5) is 0 Å². The predicted octanol–water partition coefficient (Wildman–Crippen LogP) is 1.39. The van der Waals surface area contributed by atoms with E-state index in [1.807, 2.05) is 0 Å². The van der Waals surface area contributed by atoms with Gasteiger partial charge in [-0.3, -0.25) is 9.59 Å². The molecule has 0 atom stereocenters. The predicted molar refractivity (Wildman–Crippen MR) is 64.5 cm³/mol. The molecule has 5 nitrogen and oxygen atoms in total. The van der Waals surface area contributed by atoms with Crippen LogP contribution in [-0.2, 0) is 4.79 Å². The monoisotopic (exact) mass is 249 g/mol. The molecule has 5 heteroatoms. The number of carbonyl (C=O) groups is 2. The molecule has 1 aliphatic rings. The van der Waals surface area contributed by atoms with E-state index in [1.54, 1.807) is 19.1 Å². The number of amides is 1. The van der Waals surface area contributed by atoms with E-state index < -0.39 is 5.97 Å². The number of phenols is 1. The van der Waals surface area contributed by atoms with Crippen molar-refractivity contribution in [3.8, 4) is 5.75 Å². The van der Waals surface area contributed by atoms with Crippen molar-refractivity contribution in [2.45, 2.75) is 25.8 Å². The van der Waals surface area contributed by atoms with E-state index in [9.17, 15) is 14.7 Å². The average molecular weight is 249 g/mol. The van der Waals surface area contributed by atoms with Crippen LogP contribution in [0.1, 0.15) is 28.8 Å². The third kappa shape index (κ3) is 2.61. The van der Waals surface area contributed by atoms with Gasteiger partial charge < -0.3 is 15.1 Å². The molecule has 0 spiro atoms. The summed E-state index contributed by atoms with van der Waals surface area (Å²) in [7, 11) is 0. The van der Waals surface area contributed by atoms with Gasteiger partial charge in [0.05, 0.1) is 0 Å². The van der Waals surface area contributed by atoms with Crippen LogP contribution in [0.5, 0.6) is 5.75 Å². The van der Waals surface area contributed by atoms with E-state index in [0.717, 1.165) is 12.8 Å². The Morgan fingerprint density at radius 1 is 1.39 bits per heavy atom. The van der Waals surface area contributed by atoms with Gasteiger partial charge in [-0.2, -0.15) is 0 Å². The normalized spacial score (nSPS) is 14.3. The third-order valence-electron chi connectivity index (χ3n) is 3.01. The summed E-state index contributed by atoms with van der Waals surface area (Å²) in [6.07, 6.45) is 1.69. The zero-order valence-electron chi connectivity index (χ0n) is 10.1. The van der Waals surface area contributed by atoms with Crippen molar-refractivity contribution in [2.24, 2.45) is 0 Å². The lowest BCUT2D eigenvalue weighted by atomic mass is 10.1. The SMILES string of the molecule is Cc1ccc(C(=O)N(CC(=O)O)C2CC2)cc1O. The van der Waals surface area contributed by atoms with Crippen molar-refractivity contribution >= 4 is 11.9 Å². The third-order valence-corrected chi connectivity index (χ3v) is 3.01. The molecule has 96 valence electrons. The van der Waals surface area contributed by atoms with Crippen LogP contribution in [0.2, 0.25) is 0 Å². The van der Waals surface area contributed by atoms with Crippen molar-refractivity contribution in [1.29, 1.82) is 0 Å². The first-order chi connectivity index (χ1) is 8.49. The lowest BCUT2D eigenvalue weighted by molar-refractivity contribution is -0.137. The van der Waals surface area contributed by atoms with Crippen LogP contribution in [0, 0.1) is 6.92 Å². The van der Waals surface area contributed by atoms with E-state index in [0.29, 0.717) is 11.1 Å². The number of phenolic OH excluding ortho intramolecular Hbond substituents is 1. The fourth-order valence-corrected chi connectivity index (χ4v) is 1.81. The zero-order chi connectivity index (χ0) is 13.3. The Morgan fingerprint density at radius 2 is 2.06 bits per heavy atom. The largest absolute Gasteiger partial charge is 0.508 e. The summed E-state index contributed by atoms with van der Waals surface area (Å²) in [4.78, 5) is 24.3. The highest BCUT2D eigenvalue weighted by Gasteiger charge is 2.34. The highest BCUT2D eigenvalue weighted by atomic mass is 16.4. The van der Waals surface area contributed by atoms with E-state index in [4.69, 9.17) is 5.11 Å². The summed E-state index contributed by atoms with van der Waals surface area (Å²) < 4.78 is 0. The molecule has 2 N–H and O–H groups in total. The number of hydrogen-bond donors (Lipinski definition) is 2. The number of nitrogens with zero attached hydrogens (tertiary/aromatic N) is 1. The van der Waals surface area contributed by atoms with Crippen molar-refractivity contribution in [3.05, 3.63) is 29.3 Å². The van der Waals surface area contributed by atoms with Gasteiger partial charge in [0.25, 0.3) is 5.91 Å². The molecule has 0 aliphatic heterocycles. The van der Waals surface area contributed by atoms with Gasteiger partial charge in [0.1, 0.15) is 12.3 Å². The first kappa shape index (κ1) is 12.4. The number of carboxylic acid groups (broad SMARTS) is 1. The van der Waals surface area contributed by atoms with Crippen molar-refractivity contribution in [3.63, 3.8) is 0 Å². The number of benzene rings is 1. The average Bonchev–Trinajstić information content (AvgIpc) is 3.12. The van der Waals surface area contributed by atoms with E-state index in [1.165, 1.54) is 11.0 Å². The Bertz CT molecular complexity index is 494. The number of carbonyl (C=O) groups excluding carboxylic acids is 1. The molecule has 1 fully saturated rings. The van der Waals surface area contributed by atoms with Crippen molar-refractivity contribution in [2.75, 3.05) is 6.54 Å². The molecular weight excluding hydrogens is 234 g/mol. The molecule has 2 rings (SSSR count). The standard InChI is InChI=1S/C13H15NO4/c1-8-2-3-9(6-11(8)15)13(18)14(7-12(16)17)10-4-5-10/h2-3,6,10,15H,4-5,7H2,1H3,(H,16,17). The number of aryl methyl sites for hydroxylation is 1.